The lowest BCUT2D eigenvalue weighted by Crippen LogP contribution is -1.98. The number of aromatic nitrogens is 2. The molecule has 0 amide bonds. The number of rotatable bonds is 4. The van der Waals surface area contributed by atoms with Crippen LogP contribution < -0.4 is 0 Å². The van der Waals surface area contributed by atoms with Gasteiger partial charge in [-0.3, -0.25) is 0 Å². The van der Waals surface area contributed by atoms with E-state index in [1.165, 1.54) is 40.4 Å². The van der Waals surface area contributed by atoms with Crippen LogP contribution in [0.1, 0.15) is 42.5 Å². The van der Waals surface area contributed by atoms with E-state index in [9.17, 15) is 0 Å². The number of nitrogens with zero attached hydrogens (tertiary/aromatic N) is 2. The maximum Gasteiger partial charge on any atom is 0.106 e. The number of hydrogen-bond donors (Lipinski definition) is 0. The highest BCUT2D eigenvalue weighted by atomic mass is 32.1. The molecule has 1 aromatic heterocycles. The fraction of sp³-hybridized carbons (Fsp3) is 0.231. The first-order valence-electron chi connectivity index (χ1n) is 10.1. The molecule has 29 heavy (non-hydrogen) atoms. The average Bonchev–Trinajstić information content (AvgIpc) is 3.21. The topological polar surface area (TPSA) is 25.8 Å². The lowest BCUT2D eigenvalue weighted by molar-refractivity contribution is 0.560. The highest BCUT2D eigenvalue weighted by Crippen LogP contribution is 2.26. The van der Waals surface area contributed by atoms with E-state index in [0.717, 1.165) is 34.5 Å². The molecule has 1 heterocycles. The van der Waals surface area contributed by atoms with Gasteiger partial charge in [0.15, 0.2) is 0 Å². The Hall–Kier alpha value is -2.96. The number of aryl methyl sites for hydroxylation is 1. The number of hydrogen-bond acceptors (Lipinski definition) is 3. The molecule has 3 aromatic carbocycles. The van der Waals surface area contributed by atoms with Gasteiger partial charge in [0.25, 0.3) is 0 Å². The summed E-state index contributed by atoms with van der Waals surface area (Å²) in [5, 5.41) is 0. The molecule has 0 saturated carbocycles. The van der Waals surface area contributed by atoms with Crippen molar-refractivity contribution in [2.45, 2.75) is 33.6 Å². The molecule has 1 atom stereocenters. The summed E-state index contributed by atoms with van der Waals surface area (Å²) in [6, 6.07) is 21.3. The zero-order chi connectivity index (χ0) is 20.2. The zero-order valence-corrected chi connectivity index (χ0v) is 17.9. The number of fused-ring (bicyclic) bond motifs is 1. The smallest absolute Gasteiger partial charge is 0.106 e. The fourth-order valence-electron chi connectivity index (χ4n) is 3.46. The molecule has 4 rings (SSSR count). The standard InChI is InChI=1S/C26H24N2S/c1-4-18(2)15-22-9-13-24(19(3)16-22)23-11-7-20(8-12-23)5-6-21-10-14-25-26(17-21)28-29-27-25/h7-14,16-18H,4,15H2,1-3H3. The Morgan fingerprint density at radius 3 is 2.34 bits per heavy atom. The van der Waals surface area contributed by atoms with Gasteiger partial charge in [-0.1, -0.05) is 62.4 Å². The van der Waals surface area contributed by atoms with Crippen LogP contribution in [-0.4, -0.2) is 8.75 Å². The van der Waals surface area contributed by atoms with Crippen LogP contribution in [0, 0.1) is 24.7 Å². The van der Waals surface area contributed by atoms with Crippen molar-refractivity contribution in [3.63, 3.8) is 0 Å². The van der Waals surface area contributed by atoms with Crippen LogP contribution in [0.25, 0.3) is 22.2 Å². The molecule has 0 bridgehead atoms. The van der Waals surface area contributed by atoms with Gasteiger partial charge in [-0.25, -0.2) is 0 Å². The van der Waals surface area contributed by atoms with Crippen molar-refractivity contribution in [1.82, 2.24) is 8.75 Å². The van der Waals surface area contributed by atoms with E-state index < -0.39 is 0 Å². The van der Waals surface area contributed by atoms with Crippen molar-refractivity contribution in [2.75, 3.05) is 0 Å². The first-order chi connectivity index (χ1) is 14.1. The summed E-state index contributed by atoms with van der Waals surface area (Å²) in [5.41, 5.74) is 9.08. The minimum absolute atomic E-state index is 0.727. The molecule has 0 radical (unpaired) electrons. The van der Waals surface area contributed by atoms with E-state index in [1.807, 2.05) is 18.2 Å². The molecule has 0 aliphatic rings. The summed E-state index contributed by atoms with van der Waals surface area (Å²) in [4.78, 5) is 0. The van der Waals surface area contributed by atoms with E-state index >= 15 is 0 Å². The monoisotopic (exact) mass is 396 g/mol. The summed E-state index contributed by atoms with van der Waals surface area (Å²) in [6.07, 6.45) is 2.37. The Kier molecular flexibility index (Phi) is 5.74. The fourth-order valence-corrected chi connectivity index (χ4v) is 3.98. The molecule has 0 spiro atoms. The van der Waals surface area contributed by atoms with Crippen molar-refractivity contribution in [3.05, 3.63) is 82.9 Å². The summed E-state index contributed by atoms with van der Waals surface area (Å²) < 4.78 is 8.51. The van der Waals surface area contributed by atoms with E-state index in [0.29, 0.717) is 0 Å². The van der Waals surface area contributed by atoms with E-state index in [4.69, 9.17) is 0 Å². The molecule has 0 saturated heterocycles. The molecule has 3 heteroatoms. The third-order valence-electron chi connectivity index (χ3n) is 5.37. The van der Waals surface area contributed by atoms with Crippen molar-refractivity contribution in [2.24, 2.45) is 5.92 Å². The molecular formula is C26H24N2S. The Morgan fingerprint density at radius 2 is 1.59 bits per heavy atom. The minimum Gasteiger partial charge on any atom is -0.173 e. The van der Waals surface area contributed by atoms with Gasteiger partial charge >= 0.3 is 0 Å². The van der Waals surface area contributed by atoms with E-state index in [2.05, 4.69) is 83.8 Å². The summed E-state index contributed by atoms with van der Waals surface area (Å²) in [7, 11) is 0. The minimum atomic E-state index is 0.727. The zero-order valence-electron chi connectivity index (χ0n) is 17.1. The second-order valence-electron chi connectivity index (χ2n) is 7.66. The predicted molar refractivity (Wildman–Crippen MR) is 123 cm³/mol. The third-order valence-corrected chi connectivity index (χ3v) is 5.93. The van der Waals surface area contributed by atoms with Crippen LogP contribution in [0.3, 0.4) is 0 Å². The second kappa shape index (κ2) is 8.59. The maximum absolute atomic E-state index is 4.28. The molecule has 0 aliphatic heterocycles. The summed E-state index contributed by atoms with van der Waals surface area (Å²) >= 11 is 1.23. The Morgan fingerprint density at radius 1 is 0.862 bits per heavy atom. The van der Waals surface area contributed by atoms with Gasteiger partial charge in [-0.15, -0.1) is 0 Å². The van der Waals surface area contributed by atoms with Crippen molar-refractivity contribution in [1.29, 1.82) is 0 Å². The highest BCUT2D eigenvalue weighted by molar-refractivity contribution is 7.00. The quantitative estimate of drug-likeness (QED) is 0.361. The van der Waals surface area contributed by atoms with Crippen molar-refractivity contribution < 1.29 is 0 Å². The Bertz CT molecular complexity index is 1190. The van der Waals surface area contributed by atoms with Gasteiger partial charge in [-0.2, -0.15) is 8.75 Å². The molecule has 144 valence electrons. The lowest BCUT2D eigenvalue weighted by atomic mass is 9.93. The summed E-state index contributed by atoms with van der Waals surface area (Å²) in [5.74, 6) is 7.21. The van der Waals surface area contributed by atoms with Gasteiger partial charge in [0.05, 0.1) is 11.7 Å². The Labute approximate surface area is 177 Å². The maximum atomic E-state index is 4.28. The van der Waals surface area contributed by atoms with Gasteiger partial charge < -0.3 is 0 Å². The predicted octanol–water partition coefficient (Wildman–Crippen LogP) is 6.66. The van der Waals surface area contributed by atoms with Crippen LogP contribution in [0.2, 0.25) is 0 Å². The van der Waals surface area contributed by atoms with Crippen LogP contribution in [0.5, 0.6) is 0 Å². The largest absolute Gasteiger partial charge is 0.173 e. The molecule has 1 unspecified atom stereocenters. The van der Waals surface area contributed by atoms with E-state index in [1.54, 1.807) is 0 Å². The number of benzene rings is 3. The lowest BCUT2D eigenvalue weighted by Gasteiger charge is -2.12. The second-order valence-corrected chi connectivity index (χ2v) is 8.19. The van der Waals surface area contributed by atoms with E-state index in [-0.39, 0.29) is 0 Å². The normalized spacial score (nSPS) is 11.8. The van der Waals surface area contributed by atoms with Crippen LogP contribution in [0.15, 0.2) is 60.7 Å². The average molecular weight is 397 g/mol. The SMILES string of the molecule is CCC(C)Cc1ccc(-c2ccc(C#Cc3ccc4nsnc4c3)cc2)c(C)c1. The highest BCUT2D eigenvalue weighted by Gasteiger charge is 2.06. The van der Waals surface area contributed by atoms with Crippen molar-refractivity contribution in [3.8, 4) is 23.0 Å². The molecule has 4 aromatic rings. The van der Waals surface area contributed by atoms with Crippen molar-refractivity contribution >= 4 is 22.8 Å². The summed E-state index contributed by atoms with van der Waals surface area (Å²) in [6.45, 7) is 6.77. The molecule has 0 fully saturated rings. The van der Waals surface area contributed by atoms with Gasteiger partial charge in [0, 0.05) is 11.1 Å². The Balaban J connectivity index is 1.52. The van der Waals surface area contributed by atoms with Gasteiger partial charge in [-0.05, 0) is 71.8 Å². The molecule has 0 N–H and O–H groups in total. The molecule has 0 aliphatic carbocycles. The van der Waals surface area contributed by atoms with Gasteiger partial charge in [0.1, 0.15) is 11.0 Å². The molecule has 2 nitrogen and oxygen atoms in total. The first-order valence-corrected chi connectivity index (χ1v) is 10.8. The van der Waals surface area contributed by atoms with Crippen LogP contribution in [-0.2, 0) is 6.42 Å². The molecular weight excluding hydrogens is 372 g/mol. The first kappa shape index (κ1) is 19.4. The van der Waals surface area contributed by atoms with Crippen LogP contribution in [0.4, 0.5) is 0 Å². The van der Waals surface area contributed by atoms with Crippen LogP contribution >= 0.6 is 11.7 Å². The van der Waals surface area contributed by atoms with Gasteiger partial charge in [0.2, 0.25) is 0 Å². The third kappa shape index (κ3) is 4.55.